The molecule has 4 rings (SSSR count). The number of carbonyl (C=O) groups is 2. The summed E-state index contributed by atoms with van der Waals surface area (Å²) in [6.45, 7) is 13.6. The number of anilines is 2. The zero-order valence-electron chi connectivity index (χ0n) is 23.7. The van der Waals surface area contributed by atoms with Gasteiger partial charge in [-0.1, -0.05) is 31.4 Å². The number of allylic oxidation sites excluding steroid dienone is 3. The molecule has 208 valence electrons. The number of hydrogen-bond acceptors (Lipinski definition) is 6. The topological polar surface area (TPSA) is 79.2 Å². The van der Waals surface area contributed by atoms with Crippen molar-refractivity contribution in [2.45, 2.75) is 20.3 Å². The lowest BCUT2D eigenvalue weighted by atomic mass is 10.0. The van der Waals surface area contributed by atoms with Crippen LogP contribution < -0.4 is 15.0 Å². The van der Waals surface area contributed by atoms with Gasteiger partial charge in [-0.3, -0.25) is 14.6 Å². The summed E-state index contributed by atoms with van der Waals surface area (Å²) in [4.78, 5) is 32.9. The zero-order chi connectivity index (χ0) is 28.8. The zero-order valence-corrected chi connectivity index (χ0v) is 23.7. The van der Waals surface area contributed by atoms with Crippen molar-refractivity contribution in [2.75, 3.05) is 43.5 Å². The van der Waals surface area contributed by atoms with Crippen LogP contribution in [0.3, 0.4) is 0 Å². The molecule has 3 aromatic rings. The summed E-state index contributed by atoms with van der Waals surface area (Å²) in [5.74, 6) is 0.659. The maximum atomic E-state index is 12.4. The molecular weight excluding hydrogens is 502 g/mol. The lowest BCUT2D eigenvalue weighted by Gasteiger charge is -2.37. The third-order valence-corrected chi connectivity index (χ3v) is 7.15. The van der Waals surface area contributed by atoms with Crippen molar-refractivity contribution in [3.63, 3.8) is 0 Å². The van der Waals surface area contributed by atoms with Gasteiger partial charge in [0, 0.05) is 92.9 Å². The van der Waals surface area contributed by atoms with E-state index in [0.717, 1.165) is 44.8 Å². The predicted molar refractivity (Wildman–Crippen MR) is 163 cm³/mol. The Bertz CT molecular complexity index is 1510. The van der Waals surface area contributed by atoms with Gasteiger partial charge in [-0.15, -0.1) is 0 Å². The summed E-state index contributed by atoms with van der Waals surface area (Å²) < 4.78 is 7.87. The normalized spacial score (nSPS) is 14.3. The van der Waals surface area contributed by atoms with Gasteiger partial charge in [0.15, 0.2) is 5.78 Å². The van der Waals surface area contributed by atoms with E-state index >= 15 is 0 Å². The van der Waals surface area contributed by atoms with E-state index < -0.39 is 0 Å². The van der Waals surface area contributed by atoms with Crippen molar-refractivity contribution in [1.82, 2.24) is 9.47 Å². The summed E-state index contributed by atoms with van der Waals surface area (Å²) in [6.07, 6.45) is 7.15. The molecule has 0 unspecified atom stereocenters. The number of rotatable bonds is 10. The van der Waals surface area contributed by atoms with Crippen molar-refractivity contribution in [1.29, 1.82) is 0 Å². The smallest absolute Gasteiger partial charge is 0.219 e. The fraction of sp³-hybridized carbons (Fsp3) is 0.281. The molecule has 8 nitrogen and oxygen atoms in total. The van der Waals surface area contributed by atoms with Gasteiger partial charge in [0.2, 0.25) is 5.91 Å². The summed E-state index contributed by atoms with van der Waals surface area (Å²) >= 11 is 0. The molecule has 1 fully saturated rings. The van der Waals surface area contributed by atoms with Crippen molar-refractivity contribution in [2.24, 2.45) is 12.0 Å². The van der Waals surface area contributed by atoms with E-state index in [2.05, 4.69) is 51.3 Å². The number of fused-ring (bicyclic) bond motifs is 1. The molecule has 0 spiro atoms. The highest BCUT2D eigenvalue weighted by Gasteiger charge is 2.23. The summed E-state index contributed by atoms with van der Waals surface area (Å²) in [6, 6.07) is 12.1. The number of aromatic nitrogens is 1. The van der Waals surface area contributed by atoms with Gasteiger partial charge in [-0.05, 0) is 36.8 Å². The number of benzene rings is 2. The highest BCUT2D eigenvalue weighted by molar-refractivity contribution is 6.17. The Balaban J connectivity index is 1.69. The van der Waals surface area contributed by atoms with Crippen molar-refractivity contribution < 1.29 is 14.3 Å². The van der Waals surface area contributed by atoms with Gasteiger partial charge in [0.1, 0.15) is 5.75 Å². The minimum Gasteiger partial charge on any atom is -0.494 e. The minimum absolute atomic E-state index is 0.0663. The second-order valence-corrected chi connectivity index (χ2v) is 9.84. The van der Waals surface area contributed by atoms with Gasteiger partial charge in [0.25, 0.3) is 0 Å². The molecular formula is C32H37N5O3. The van der Waals surface area contributed by atoms with E-state index in [1.807, 2.05) is 49.2 Å². The molecule has 1 N–H and O–H groups in total. The summed E-state index contributed by atoms with van der Waals surface area (Å²) in [7, 11) is 3.65. The van der Waals surface area contributed by atoms with Crippen LogP contribution in [0.25, 0.3) is 10.9 Å². The lowest BCUT2D eigenvalue weighted by Crippen LogP contribution is -2.48. The number of para-hydroxylation sites is 1. The van der Waals surface area contributed by atoms with Crippen LogP contribution in [0.15, 0.2) is 84.8 Å². The molecule has 0 bridgehead atoms. The lowest BCUT2D eigenvalue weighted by molar-refractivity contribution is -0.129. The fourth-order valence-corrected chi connectivity index (χ4v) is 5.12. The van der Waals surface area contributed by atoms with E-state index in [9.17, 15) is 9.59 Å². The molecule has 8 heteroatoms. The first-order valence-corrected chi connectivity index (χ1v) is 13.3. The van der Waals surface area contributed by atoms with E-state index in [1.165, 1.54) is 6.08 Å². The molecule has 1 aromatic heterocycles. The Labute approximate surface area is 235 Å². The Morgan fingerprint density at radius 3 is 2.48 bits per heavy atom. The first-order valence-electron chi connectivity index (χ1n) is 13.3. The van der Waals surface area contributed by atoms with Crippen LogP contribution in [0.1, 0.15) is 25.0 Å². The third kappa shape index (κ3) is 6.17. The monoisotopic (exact) mass is 539 g/mol. The molecule has 1 saturated heterocycles. The number of carbonyl (C=O) groups excluding carboxylic acids is 2. The average Bonchev–Trinajstić information content (AvgIpc) is 3.29. The van der Waals surface area contributed by atoms with E-state index in [4.69, 9.17) is 4.74 Å². The largest absolute Gasteiger partial charge is 0.494 e. The molecule has 2 aromatic carbocycles. The molecule has 1 aliphatic heterocycles. The number of nitrogens with zero attached hydrogens (tertiary/aromatic N) is 4. The number of methoxy groups -OCH3 is 1. The van der Waals surface area contributed by atoms with Crippen molar-refractivity contribution >= 4 is 39.7 Å². The van der Waals surface area contributed by atoms with Crippen molar-refractivity contribution in [3.8, 4) is 5.75 Å². The van der Waals surface area contributed by atoms with Gasteiger partial charge >= 0.3 is 0 Å². The van der Waals surface area contributed by atoms with E-state index in [-0.39, 0.29) is 18.1 Å². The minimum atomic E-state index is -0.0663. The first kappa shape index (κ1) is 28.4. The standard InChI is InChI=1S/C32H37N5O3/c1-7-25(39)18-24-19-29(32(40-6)20-31(24)37-15-13-36(14-16-37)23(4)38)34-22(3)17-28(33-8-2)27-21-35(5)30-12-10-9-11-26(27)30/h7-12,17,19-21,34H,1-2,13-16,18H2,3-6H3/b22-17+,33-28?. The van der Waals surface area contributed by atoms with Crippen LogP contribution >= 0.6 is 0 Å². The molecule has 1 aliphatic rings. The molecule has 40 heavy (non-hydrogen) atoms. The molecule has 0 radical (unpaired) electrons. The number of ether oxygens (including phenoxy) is 1. The molecule has 1 amide bonds. The Morgan fingerprint density at radius 2 is 1.82 bits per heavy atom. The number of piperazine rings is 1. The summed E-state index contributed by atoms with van der Waals surface area (Å²) in [5, 5.41) is 4.57. The predicted octanol–water partition coefficient (Wildman–Crippen LogP) is 5.10. The third-order valence-electron chi connectivity index (χ3n) is 7.15. The highest BCUT2D eigenvalue weighted by atomic mass is 16.5. The average molecular weight is 540 g/mol. The number of hydrogen-bond donors (Lipinski definition) is 1. The Hall–Kier alpha value is -4.59. The van der Waals surface area contributed by atoms with Crippen LogP contribution in [0.5, 0.6) is 5.75 Å². The molecule has 0 aliphatic carbocycles. The van der Waals surface area contributed by atoms with Crippen LogP contribution in [0, 0.1) is 0 Å². The SMILES string of the molecule is C=CN=C(/C=C(\C)Nc1cc(CC(=O)C=C)c(N2CCN(C(C)=O)CC2)cc1OC)c1cn(C)c2ccccc12. The van der Waals surface area contributed by atoms with E-state index in [0.29, 0.717) is 31.9 Å². The van der Waals surface area contributed by atoms with E-state index in [1.54, 1.807) is 20.2 Å². The fourth-order valence-electron chi connectivity index (χ4n) is 5.12. The second kappa shape index (κ2) is 12.5. The Morgan fingerprint density at radius 1 is 1.10 bits per heavy atom. The second-order valence-electron chi connectivity index (χ2n) is 9.84. The molecule has 0 atom stereocenters. The number of amides is 1. The van der Waals surface area contributed by atoms with Gasteiger partial charge in [-0.25, -0.2) is 0 Å². The maximum Gasteiger partial charge on any atom is 0.219 e. The van der Waals surface area contributed by atoms with Crippen LogP contribution in [-0.4, -0.2) is 60.2 Å². The maximum absolute atomic E-state index is 12.4. The molecule has 0 saturated carbocycles. The number of ketones is 1. The summed E-state index contributed by atoms with van der Waals surface area (Å²) in [5.41, 5.74) is 6.27. The van der Waals surface area contributed by atoms with Crippen LogP contribution in [-0.2, 0) is 23.1 Å². The Kier molecular flexibility index (Phi) is 8.89. The quantitative estimate of drug-likeness (QED) is 0.286. The number of aliphatic imine (C=N–C) groups is 1. The van der Waals surface area contributed by atoms with Gasteiger partial charge in [0.05, 0.1) is 18.5 Å². The van der Waals surface area contributed by atoms with Crippen LogP contribution in [0.4, 0.5) is 11.4 Å². The highest BCUT2D eigenvalue weighted by Crippen LogP contribution is 2.35. The van der Waals surface area contributed by atoms with Crippen molar-refractivity contribution in [3.05, 3.63) is 90.9 Å². The number of aryl methyl sites for hydroxylation is 1. The van der Waals surface area contributed by atoms with Gasteiger partial charge < -0.3 is 24.4 Å². The first-order chi connectivity index (χ1) is 19.2. The van der Waals surface area contributed by atoms with Gasteiger partial charge in [-0.2, -0.15) is 0 Å². The number of nitrogens with one attached hydrogen (secondary N) is 1. The van der Waals surface area contributed by atoms with Crippen LogP contribution in [0.2, 0.25) is 0 Å². The molecule has 2 heterocycles.